The molecule has 0 radical (unpaired) electrons. The standard InChI is InChI=1S/C28H35F2NO3Si/c1-21(17-22-15-16-25(32)26(33)18-22)31-19-28(29,30)20-34-35(27(2,3)4,23-11-7-5-8-12-23)24-13-9-6-10-14-24/h5-16,18,21,31-33H,17,19-20H2,1-4H3. The molecule has 0 aromatic heterocycles. The van der Waals surface area contributed by atoms with Crippen molar-refractivity contribution < 1.29 is 23.4 Å². The van der Waals surface area contributed by atoms with Gasteiger partial charge in [-0.3, -0.25) is 0 Å². The van der Waals surface area contributed by atoms with Crippen LogP contribution in [0.15, 0.2) is 78.9 Å². The van der Waals surface area contributed by atoms with E-state index in [-0.39, 0.29) is 22.6 Å². The van der Waals surface area contributed by atoms with Gasteiger partial charge in [0.2, 0.25) is 0 Å². The van der Waals surface area contributed by atoms with Gasteiger partial charge in [-0.2, -0.15) is 0 Å². The minimum atomic E-state index is -3.08. The summed E-state index contributed by atoms with van der Waals surface area (Å²) in [6, 6.07) is 23.7. The summed E-state index contributed by atoms with van der Waals surface area (Å²) >= 11 is 0. The quantitative estimate of drug-likeness (QED) is 0.276. The number of aromatic hydroxyl groups is 2. The molecule has 1 unspecified atom stereocenters. The highest BCUT2D eigenvalue weighted by Gasteiger charge is 2.51. The zero-order chi connectivity index (χ0) is 25.7. The minimum Gasteiger partial charge on any atom is -0.504 e. The first-order chi connectivity index (χ1) is 16.4. The van der Waals surface area contributed by atoms with Crippen molar-refractivity contribution in [3.05, 3.63) is 84.4 Å². The fourth-order valence-electron chi connectivity index (χ4n) is 4.47. The number of benzene rings is 3. The number of phenolic OH excluding ortho intramolecular Hbond substituents is 2. The Balaban J connectivity index is 1.76. The molecule has 7 heteroatoms. The fraction of sp³-hybridized carbons (Fsp3) is 0.357. The lowest BCUT2D eigenvalue weighted by atomic mass is 10.1. The van der Waals surface area contributed by atoms with Crippen LogP contribution in [-0.2, 0) is 10.8 Å². The van der Waals surface area contributed by atoms with E-state index in [1.54, 1.807) is 6.07 Å². The third-order valence-electron chi connectivity index (χ3n) is 6.21. The number of halogens is 2. The van der Waals surface area contributed by atoms with E-state index in [0.29, 0.717) is 6.42 Å². The van der Waals surface area contributed by atoms with Gasteiger partial charge in [-0.15, -0.1) is 0 Å². The van der Waals surface area contributed by atoms with Crippen molar-refractivity contribution in [2.24, 2.45) is 0 Å². The Hall–Kier alpha value is -2.74. The zero-order valence-electron chi connectivity index (χ0n) is 20.8. The summed E-state index contributed by atoms with van der Waals surface area (Å²) in [4.78, 5) is 0. The van der Waals surface area contributed by atoms with Crippen LogP contribution in [0.25, 0.3) is 0 Å². The van der Waals surface area contributed by atoms with Crippen LogP contribution < -0.4 is 15.7 Å². The lowest BCUT2D eigenvalue weighted by Gasteiger charge is -2.43. The molecule has 0 aliphatic rings. The van der Waals surface area contributed by atoms with Crippen LogP contribution in [0.4, 0.5) is 8.78 Å². The molecule has 0 amide bonds. The second-order valence-corrected chi connectivity index (χ2v) is 14.4. The highest BCUT2D eigenvalue weighted by molar-refractivity contribution is 6.99. The van der Waals surface area contributed by atoms with Crippen LogP contribution >= 0.6 is 0 Å². The molecule has 0 aliphatic carbocycles. The molecule has 1 atom stereocenters. The summed E-state index contributed by atoms with van der Waals surface area (Å²) in [5.74, 6) is -3.52. The first kappa shape index (κ1) is 26.9. The van der Waals surface area contributed by atoms with Gasteiger partial charge in [-0.05, 0) is 46.5 Å². The summed E-state index contributed by atoms with van der Waals surface area (Å²) < 4.78 is 36.7. The molecule has 3 rings (SSSR count). The molecule has 4 nitrogen and oxygen atoms in total. The van der Waals surface area contributed by atoms with Gasteiger partial charge in [0.1, 0.15) is 0 Å². The SMILES string of the molecule is CC(Cc1ccc(O)c(O)c1)NCC(F)(F)CO[Si](c1ccccc1)(c1ccccc1)C(C)(C)C. The molecule has 3 aromatic rings. The minimum absolute atomic E-state index is 0.207. The summed E-state index contributed by atoms with van der Waals surface area (Å²) in [6.45, 7) is 6.76. The van der Waals surface area contributed by atoms with Gasteiger partial charge >= 0.3 is 0 Å². The van der Waals surface area contributed by atoms with Gasteiger partial charge in [-0.25, -0.2) is 8.78 Å². The maximum atomic E-state index is 15.2. The molecular formula is C28H35F2NO3Si. The molecule has 0 bridgehead atoms. The van der Waals surface area contributed by atoms with Crippen LogP contribution in [0.3, 0.4) is 0 Å². The number of alkyl halides is 2. The normalized spacial score (nSPS) is 13.5. The highest BCUT2D eigenvalue weighted by atomic mass is 28.4. The van der Waals surface area contributed by atoms with Crippen molar-refractivity contribution in [3.8, 4) is 11.5 Å². The van der Waals surface area contributed by atoms with Crippen molar-refractivity contribution in [1.82, 2.24) is 5.32 Å². The van der Waals surface area contributed by atoms with Crippen LogP contribution in [0.1, 0.15) is 33.3 Å². The monoisotopic (exact) mass is 499 g/mol. The van der Waals surface area contributed by atoms with Crippen molar-refractivity contribution >= 4 is 18.7 Å². The molecule has 188 valence electrons. The molecular weight excluding hydrogens is 464 g/mol. The van der Waals surface area contributed by atoms with E-state index in [4.69, 9.17) is 4.43 Å². The first-order valence-corrected chi connectivity index (χ1v) is 13.7. The molecule has 0 saturated heterocycles. The Labute approximate surface area is 207 Å². The lowest BCUT2D eigenvalue weighted by molar-refractivity contribution is -0.0433. The molecule has 0 spiro atoms. The number of phenols is 2. The summed E-state index contributed by atoms with van der Waals surface area (Å²) in [5.41, 5.74) is 0.743. The van der Waals surface area contributed by atoms with Crippen molar-refractivity contribution in [2.45, 2.75) is 51.1 Å². The number of hydrogen-bond donors (Lipinski definition) is 3. The largest absolute Gasteiger partial charge is 0.504 e. The molecule has 0 aliphatic heterocycles. The molecule has 35 heavy (non-hydrogen) atoms. The topological polar surface area (TPSA) is 61.7 Å². The lowest BCUT2D eigenvalue weighted by Crippen LogP contribution is -2.67. The fourth-order valence-corrected chi connectivity index (χ4v) is 9.05. The van der Waals surface area contributed by atoms with Crippen molar-refractivity contribution in [2.75, 3.05) is 13.2 Å². The highest BCUT2D eigenvalue weighted by Crippen LogP contribution is 2.37. The van der Waals surface area contributed by atoms with Gasteiger partial charge in [0.15, 0.2) is 11.5 Å². The summed E-state index contributed by atoms with van der Waals surface area (Å²) in [7, 11) is -3.05. The number of rotatable bonds is 10. The average Bonchev–Trinajstić information content (AvgIpc) is 2.81. The van der Waals surface area contributed by atoms with E-state index in [0.717, 1.165) is 15.9 Å². The Bertz CT molecular complexity index is 1050. The number of nitrogens with one attached hydrogen (secondary N) is 1. The van der Waals surface area contributed by atoms with E-state index in [9.17, 15) is 10.2 Å². The van der Waals surface area contributed by atoms with Gasteiger partial charge in [0.05, 0.1) is 13.2 Å². The van der Waals surface area contributed by atoms with E-state index >= 15 is 8.78 Å². The Morgan fingerprint density at radius 2 is 1.40 bits per heavy atom. The Morgan fingerprint density at radius 3 is 1.89 bits per heavy atom. The molecule has 0 saturated carbocycles. The van der Waals surface area contributed by atoms with Crippen LogP contribution in [-0.4, -0.2) is 43.6 Å². The van der Waals surface area contributed by atoms with Gasteiger partial charge in [0.25, 0.3) is 14.2 Å². The molecule has 0 fully saturated rings. The van der Waals surface area contributed by atoms with Gasteiger partial charge in [0, 0.05) is 6.04 Å². The van der Waals surface area contributed by atoms with Gasteiger partial charge < -0.3 is 20.0 Å². The Morgan fingerprint density at radius 1 is 0.857 bits per heavy atom. The first-order valence-electron chi connectivity index (χ1n) is 11.8. The van der Waals surface area contributed by atoms with Crippen LogP contribution in [0.2, 0.25) is 5.04 Å². The van der Waals surface area contributed by atoms with E-state index < -0.39 is 27.4 Å². The maximum Gasteiger partial charge on any atom is 0.281 e. The molecule has 0 heterocycles. The van der Waals surface area contributed by atoms with Crippen LogP contribution in [0.5, 0.6) is 11.5 Å². The second kappa shape index (κ2) is 10.9. The van der Waals surface area contributed by atoms with Crippen molar-refractivity contribution in [3.63, 3.8) is 0 Å². The Kier molecular flexibility index (Phi) is 8.36. The predicted octanol–water partition coefficient (Wildman–Crippen LogP) is 4.83. The third kappa shape index (κ3) is 6.48. The second-order valence-electron chi connectivity index (χ2n) is 10.1. The average molecular weight is 500 g/mol. The predicted molar refractivity (Wildman–Crippen MR) is 139 cm³/mol. The molecule has 3 N–H and O–H groups in total. The summed E-state index contributed by atoms with van der Waals surface area (Å²) in [6.07, 6.45) is 0.430. The van der Waals surface area contributed by atoms with E-state index in [2.05, 4.69) is 26.1 Å². The van der Waals surface area contributed by atoms with Crippen molar-refractivity contribution in [1.29, 1.82) is 0 Å². The third-order valence-corrected chi connectivity index (χ3v) is 11.2. The zero-order valence-corrected chi connectivity index (χ0v) is 21.8. The van der Waals surface area contributed by atoms with E-state index in [1.807, 2.05) is 67.6 Å². The number of hydrogen-bond acceptors (Lipinski definition) is 4. The van der Waals surface area contributed by atoms with Crippen LogP contribution in [0, 0.1) is 0 Å². The maximum absolute atomic E-state index is 15.2. The summed E-state index contributed by atoms with van der Waals surface area (Å²) in [5, 5.41) is 23.6. The van der Waals surface area contributed by atoms with E-state index in [1.165, 1.54) is 12.1 Å². The molecule has 3 aromatic carbocycles. The smallest absolute Gasteiger partial charge is 0.281 e. The van der Waals surface area contributed by atoms with Gasteiger partial charge in [-0.1, -0.05) is 87.5 Å².